The fourth-order valence-electron chi connectivity index (χ4n) is 6.54. The van der Waals surface area contributed by atoms with Crippen LogP contribution in [-0.4, -0.2) is 51.3 Å². The lowest BCUT2D eigenvalue weighted by Gasteiger charge is -2.41. The molecule has 3 aromatic carbocycles. The van der Waals surface area contributed by atoms with Gasteiger partial charge in [-0.05, 0) is 23.3 Å². The lowest BCUT2D eigenvalue weighted by atomic mass is 9.70. The first-order valence-electron chi connectivity index (χ1n) is 12.7. The molecular formula is C30H28O10. The highest BCUT2D eigenvalue weighted by molar-refractivity contribution is 5.80. The Morgan fingerprint density at radius 2 is 1.68 bits per heavy atom. The first-order valence-corrected chi connectivity index (χ1v) is 12.7. The van der Waals surface area contributed by atoms with E-state index in [9.17, 15) is 14.7 Å². The number of ether oxygens (including phenoxy) is 7. The molecule has 2 heterocycles. The summed E-state index contributed by atoms with van der Waals surface area (Å²) in [6.45, 7) is 1.16. The van der Waals surface area contributed by atoms with Gasteiger partial charge in [0.1, 0.15) is 17.4 Å². The van der Waals surface area contributed by atoms with Crippen LogP contribution in [0.2, 0.25) is 0 Å². The van der Waals surface area contributed by atoms with E-state index in [2.05, 4.69) is 0 Å². The predicted octanol–water partition coefficient (Wildman–Crippen LogP) is 3.43. The third kappa shape index (κ3) is 3.32. The van der Waals surface area contributed by atoms with E-state index < -0.39 is 41.1 Å². The number of carbonyl (C=O) groups is 2. The van der Waals surface area contributed by atoms with Gasteiger partial charge >= 0.3 is 11.9 Å². The number of esters is 2. The van der Waals surface area contributed by atoms with Gasteiger partial charge in [-0.2, -0.15) is 0 Å². The summed E-state index contributed by atoms with van der Waals surface area (Å²) in [4.78, 5) is 26.2. The highest BCUT2D eigenvalue weighted by Gasteiger charge is 2.80. The Morgan fingerprint density at radius 1 is 0.950 bits per heavy atom. The van der Waals surface area contributed by atoms with Crippen LogP contribution in [0.5, 0.6) is 28.7 Å². The van der Waals surface area contributed by atoms with Crippen molar-refractivity contribution in [3.05, 3.63) is 77.4 Å². The van der Waals surface area contributed by atoms with Crippen molar-refractivity contribution < 1.29 is 47.9 Å². The largest absolute Gasteiger partial charge is 0.497 e. The van der Waals surface area contributed by atoms with Gasteiger partial charge in [0.05, 0.1) is 26.9 Å². The molecule has 5 atom stereocenters. The molecule has 0 radical (unpaired) electrons. The average molecular weight is 549 g/mol. The fourth-order valence-corrected chi connectivity index (χ4v) is 6.54. The highest BCUT2D eigenvalue weighted by atomic mass is 16.7. The summed E-state index contributed by atoms with van der Waals surface area (Å²) in [5.74, 6) is -1.84. The summed E-state index contributed by atoms with van der Waals surface area (Å²) in [5, 5.41) is 13.2. The van der Waals surface area contributed by atoms with Gasteiger partial charge in [-0.15, -0.1) is 0 Å². The number of methoxy groups -OCH3 is 3. The second-order valence-electron chi connectivity index (χ2n) is 9.82. The fraction of sp³-hybridized carbons (Fsp3) is 0.333. The zero-order chi connectivity index (χ0) is 28.2. The zero-order valence-electron chi connectivity index (χ0n) is 22.3. The Labute approximate surface area is 230 Å². The average Bonchev–Trinajstić information content (AvgIpc) is 3.60. The van der Waals surface area contributed by atoms with Crippen molar-refractivity contribution in [1.29, 1.82) is 0 Å². The standard InChI is InChI=1S/C30H28O10/c1-16(31)39-27-22(28(32)36-4)23(17-8-6-5-7-9-17)30(18-10-12-19(34-2)13-11-18)29(27,33)24-20(40-30)14-21-25(26(24)35-3)38-15-37-21/h5-14,22-23,27,33H,15H2,1-4H3. The summed E-state index contributed by atoms with van der Waals surface area (Å²) in [7, 11) is 4.22. The maximum Gasteiger partial charge on any atom is 0.313 e. The molecule has 0 spiro atoms. The van der Waals surface area contributed by atoms with Crippen molar-refractivity contribution >= 4 is 11.9 Å². The zero-order valence-corrected chi connectivity index (χ0v) is 22.3. The van der Waals surface area contributed by atoms with Crippen molar-refractivity contribution in [3.63, 3.8) is 0 Å². The molecule has 0 saturated heterocycles. The van der Waals surface area contributed by atoms with E-state index in [4.69, 9.17) is 33.2 Å². The van der Waals surface area contributed by atoms with Crippen molar-refractivity contribution in [2.45, 2.75) is 30.1 Å². The molecule has 1 fully saturated rings. The van der Waals surface area contributed by atoms with Crippen molar-refractivity contribution in [1.82, 2.24) is 0 Å². The van der Waals surface area contributed by atoms with Crippen molar-refractivity contribution in [3.8, 4) is 28.7 Å². The van der Waals surface area contributed by atoms with Crippen LogP contribution in [0.25, 0.3) is 0 Å². The number of rotatable bonds is 6. The lowest BCUT2D eigenvalue weighted by Crippen LogP contribution is -2.53. The Balaban J connectivity index is 1.74. The Morgan fingerprint density at radius 3 is 2.30 bits per heavy atom. The minimum Gasteiger partial charge on any atom is -0.497 e. The Hall–Kier alpha value is -4.44. The molecule has 3 aliphatic rings. The molecule has 1 aliphatic carbocycles. The highest BCUT2D eigenvalue weighted by Crippen LogP contribution is 2.72. The summed E-state index contributed by atoms with van der Waals surface area (Å²) >= 11 is 0. The Kier molecular flexibility index (Phi) is 6.03. The summed E-state index contributed by atoms with van der Waals surface area (Å²) < 4.78 is 40.5. The number of hydrogen-bond donors (Lipinski definition) is 1. The van der Waals surface area contributed by atoms with Crippen LogP contribution in [0.4, 0.5) is 0 Å². The smallest absolute Gasteiger partial charge is 0.313 e. The Bertz CT molecular complexity index is 1470. The van der Waals surface area contributed by atoms with Crippen LogP contribution >= 0.6 is 0 Å². The van der Waals surface area contributed by atoms with Gasteiger partial charge in [-0.3, -0.25) is 9.59 Å². The quantitative estimate of drug-likeness (QED) is 0.459. The van der Waals surface area contributed by atoms with Crippen molar-refractivity contribution in [2.75, 3.05) is 28.1 Å². The molecule has 3 aromatic rings. The monoisotopic (exact) mass is 548 g/mol. The van der Waals surface area contributed by atoms with E-state index >= 15 is 0 Å². The van der Waals surface area contributed by atoms with Crippen LogP contribution in [0.15, 0.2) is 60.7 Å². The molecule has 40 heavy (non-hydrogen) atoms. The van der Waals surface area contributed by atoms with Gasteiger partial charge in [0.15, 0.2) is 28.8 Å². The molecular weight excluding hydrogens is 520 g/mol. The van der Waals surface area contributed by atoms with Gasteiger partial charge < -0.3 is 38.3 Å². The topological polar surface area (TPSA) is 119 Å². The van der Waals surface area contributed by atoms with E-state index in [0.29, 0.717) is 22.6 Å². The molecule has 0 aromatic heterocycles. The molecule has 2 aliphatic heterocycles. The van der Waals surface area contributed by atoms with E-state index in [-0.39, 0.29) is 29.6 Å². The number of fused-ring (bicyclic) bond motifs is 4. The van der Waals surface area contributed by atoms with Crippen LogP contribution in [-0.2, 0) is 30.3 Å². The number of aliphatic hydroxyl groups is 1. The van der Waals surface area contributed by atoms with Crippen LogP contribution in [0, 0.1) is 5.92 Å². The number of carbonyl (C=O) groups excluding carboxylic acids is 2. The van der Waals surface area contributed by atoms with Gasteiger partial charge in [0.2, 0.25) is 12.5 Å². The second-order valence-corrected chi connectivity index (χ2v) is 9.82. The second kappa shape index (κ2) is 9.34. The molecule has 0 amide bonds. The normalized spacial score (nSPS) is 27.3. The predicted molar refractivity (Wildman–Crippen MR) is 139 cm³/mol. The number of benzene rings is 3. The van der Waals surface area contributed by atoms with Gasteiger partial charge in [0, 0.05) is 18.9 Å². The minimum atomic E-state index is -2.16. The summed E-state index contributed by atoms with van der Waals surface area (Å²) in [6, 6.07) is 17.7. The third-order valence-corrected chi connectivity index (χ3v) is 7.98. The molecule has 1 N–H and O–H groups in total. The molecule has 10 nitrogen and oxygen atoms in total. The van der Waals surface area contributed by atoms with Gasteiger partial charge in [-0.1, -0.05) is 42.5 Å². The molecule has 10 heteroatoms. The van der Waals surface area contributed by atoms with Gasteiger partial charge in [0.25, 0.3) is 0 Å². The van der Waals surface area contributed by atoms with Crippen molar-refractivity contribution in [2.24, 2.45) is 5.92 Å². The minimum absolute atomic E-state index is 0.0541. The third-order valence-electron chi connectivity index (χ3n) is 7.98. The lowest BCUT2D eigenvalue weighted by molar-refractivity contribution is -0.185. The van der Waals surface area contributed by atoms with Crippen LogP contribution in [0.1, 0.15) is 29.5 Å². The molecule has 208 valence electrons. The van der Waals surface area contributed by atoms with E-state index in [0.717, 1.165) is 0 Å². The van der Waals surface area contributed by atoms with Crippen LogP contribution < -0.4 is 23.7 Å². The first kappa shape index (κ1) is 25.8. The summed E-state index contributed by atoms with van der Waals surface area (Å²) in [5.41, 5.74) is -2.52. The number of hydrogen-bond acceptors (Lipinski definition) is 10. The maximum absolute atomic E-state index is 13.6. The maximum atomic E-state index is 13.6. The molecule has 1 saturated carbocycles. The first-order chi connectivity index (χ1) is 19.3. The SMILES string of the molecule is COC(=O)C1C(OC(C)=O)C2(O)c3c(cc4c(c3OC)OCO4)OC2(c2ccc(OC)cc2)C1c1ccccc1. The summed E-state index contributed by atoms with van der Waals surface area (Å²) in [6.07, 6.45) is -1.44. The molecule has 0 bridgehead atoms. The van der Waals surface area contributed by atoms with Crippen LogP contribution in [0.3, 0.4) is 0 Å². The van der Waals surface area contributed by atoms with E-state index in [1.165, 1.54) is 21.1 Å². The molecule has 6 rings (SSSR count). The van der Waals surface area contributed by atoms with Gasteiger partial charge in [-0.25, -0.2) is 0 Å². The van der Waals surface area contributed by atoms with E-state index in [1.54, 1.807) is 37.4 Å². The molecule has 5 unspecified atom stereocenters. The van der Waals surface area contributed by atoms with E-state index in [1.807, 2.05) is 30.3 Å².